The molecule has 6 nitrogen and oxygen atoms in total. The Labute approximate surface area is 137 Å². The Morgan fingerprint density at radius 1 is 1.09 bits per heavy atom. The first-order valence-corrected chi connectivity index (χ1v) is 7.76. The van der Waals surface area contributed by atoms with Crippen LogP contribution in [0.5, 0.6) is 0 Å². The van der Waals surface area contributed by atoms with Crippen LogP contribution in [0.2, 0.25) is 0 Å². The Bertz CT molecular complexity index is 521. The van der Waals surface area contributed by atoms with Crippen molar-refractivity contribution in [3.63, 3.8) is 0 Å². The molecule has 126 valence electrons. The Kier molecular flexibility index (Phi) is 6.55. The van der Waals surface area contributed by atoms with E-state index in [0.29, 0.717) is 0 Å². The molecule has 0 aliphatic carbocycles. The fourth-order valence-electron chi connectivity index (χ4n) is 2.85. The van der Waals surface area contributed by atoms with Gasteiger partial charge in [0.15, 0.2) is 0 Å². The monoisotopic (exact) mass is 320 g/mol. The van der Waals surface area contributed by atoms with Gasteiger partial charge in [0.05, 0.1) is 27.2 Å². The number of methoxy groups -OCH3 is 2. The summed E-state index contributed by atoms with van der Waals surface area (Å²) in [7, 11) is 2.76. The van der Waals surface area contributed by atoms with Gasteiger partial charge in [-0.05, 0) is 5.56 Å². The van der Waals surface area contributed by atoms with Crippen LogP contribution in [0.25, 0.3) is 0 Å². The summed E-state index contributed by atoms with van der Waals surface area (Å²) >= 11 is 0. The molecule has 0 amide bonds. The second-order valence-corrected chi connectivity index (χ2v) is 5.70. The van der Waals surface area contributed by atoms with Crippen molar-refractivity contribution >= 4 is 11.9 Å². The second kappa shape index (κ2) is 8.64. The lowest BCUT2D eigenvalue weighted by Gasteiger charge is -2.40. The van der Waals surface area contributed by atoms with E-state index in [1.807, 2.05) is 23.1 Å². The molecule has 6 heteroatoms. The van der Waals surface area contributed by atoms with Gasteiger partial charge in [0.2, 0.25) is 0 Å². The minimum atomic E-state index is -0.281. The number of esters is 2. The summed E-state index contributed by atoms with van der Waals surface area (Å²) in [6.07, 6.45) is 0.277. The number of hydrogen-bond donors (Lipinski definition) is 0. The number of rotatable bonds is 6. The molecule has 1 aliphatic heterocycles. The standard InChI is InChI=1S/C17H24N2O4/c1-22-16(20)10-15-12-18(11-14-6-4-3-5-7-14)8-9-19(15)13-17(21)23-2/h3-7,15H,8-13H2,1-2H3. The third-order valence-corrected chi connectivity index (χ3v) is 4.13. The molecule has 1 saturated heterocycles. The zero-order valence-electron chi connectivity index (χ0n) is 13.7. The van der Waals surface area contributed by atoms with Crippen molar-refractivity contribution in [1.29, 1.82) is 0 Å². The SMILES string of the molecule is COC(=O)CC1CN(Cc2ccccc2)CCN1CC(=O)OC. The number of piperazine rings is 1. The lowest BCUT2D eigenvalue weighted by molar-refractivity contribution is -0.147. The average Bonchev–Trinajstić information content (AvgIpc) is 2.57. The fraction of sp³-hybridized carbons (Fsp3) is 0.529. The van der Waals surface area contributed by atoms with Crippen LogP contribution in [0, 0.1) is 0 Å². The maximum Gasteiger partial charge on any atom is 0.319 e. The van der Waals surface area contributed by atoms with Crippen molar-refractivity contribution in [3.05, 3.63) is 35.9 Å². The van der Waals surface area contributed by atoms with Gasteiger partial charge in [-0.3, -0.25) is 19.4 Å². The summed E-state index contributed by atoms with van der Waals surface area (Å²) < 4.78 is 9.53. The van der Waals surface area contributed by atoms with E-state index in [4.69, 9.17) is 9.47 Å². The van der Waals surface area contributed by atoms with Crippen LogP contribution in [0.1, 0.15) is 12.0 Å². The Morgan fingerprint density at radius 3 is 2.43 bits per heavy atom. The van der Waals surface area contributed by atoms with Crippen molar-refractivity contribution < 1.29 is 19.1 Å². The molecule has 0 N–H and O–H groups in total. The van der Waals surface area contributed by atoms with Crippen LogP contribution in [-0.2, 0) is 25.6 Å². The quantitative estimate of drug-likeness (QED) is 0.726. The van der Waals surface area contributed by atoms with Gasteiger partial charge < -0.3 is 9.47 Å². The zero-order valence-corrected chi connectivity index (χ0v) is 13.7. The van der Waals surface area contributed by atoms with E-state index in [2.05, 4.69) is 17.0 Å². The third-order valence-electron chi connectivity index (χ3n) is 4.13. The van der Waals surface area contributed by atoms with E-state index >= 15 is 0 Å². The number of ether oxygens (including phenoxy) is 2. The molecular weight excluding hydrogens is 296 g/mol. The molecule has 1 aromatic rings. The summed E-state index contributed by atoms with van der Waals surface area (Å²) in [6.45, 7) is 3.34. The highest BCUT2D eigenvalue weighted by atomic mass is 16.5. The summed E-state index contributed by atoms with van der Waals surface area (Å²) in [5.74, 6) is -0.539. The zero-order chi connectivity index (χ0) is 16.7. The Hall–Kier alpha value is -1.92. The highest BCUT2D eigenvalue weighted by molar-refractivity contribution is 5.72. The van der Waals surface area contributed by atoms with E-state index in [-0.39, 0.29) is 30.9 Å². The van der Waals surface area contributed by atoms with E-state index < -0.39 is 0 Å². The predicted octanol–water partition coefficient (Wildman–Crippen LogP) is 0.909. The van der Waals surface area contributed by atoms with Gasteiger partial charge in [-0.1, -0.05) is 30.3 Å². The summed E-state index contributed by atoms with van der Waals surface area (Å²) in [5, 5.41) is 0. The molecule has 1 fully saturated rings. The van der Waals surface area contributed by atoms with Crippen molar-refractivity contribution in [2.45, 2.75) is 19.0 Å². The predicted molar refractivity (Wildman–Crippen MR) is 85.7 cm³/mol. The van der Waals surface area contributed by atoms with Crippen LogP contribution >= 0.6 is 0 Å². The highest BCUT2D eigenvalue weighted by Crippen LogP contribution is 2.16. The minimum Gasteiger partial charge on any atom is -0.469 e. The van der Waals surface area contributed by atoms with Gasteiger partial charge in [-0.2, -0.15) is 0 Å². The van der Waals surface area contributed by atoms with Crippen LogP contribution in [-0.4, -0.2) is 68.2 Å². The molecule has 0 spiro atoms. The largest absolute Gasteiger partial charge is 0.469 e. The van der Waals surface area contributed by atoms with E-state index in [1.165, 1.54) is 19.8 Å². The molecule has 1 unspecified atom stereocenters. The number of nitrogens with zero attached hydrogens (tertiary/aromatic N) is 2. The van der Waals surface area contributed by atoms with Gasteiger partial charge >= 0.3 is 11.9 Å². The maximum absolute atomic E-state index is 11.7. The average molecular weight is 320 g/mol. The maximum atomic E-state index is 11.7. The topological polar surface area (TPSA) is 59.1 Å². The van der Waals surface area contributed by atoms with Crippen LogP contribution in [0.4, 0.5) is 0 Å². The van der Waals surface area contributed by atoms with Gasteiger partial charge in [0.1, 0.15) is 0 Å². The molecule has 0 radical (unpaired) electrons. The summed E-state index contributed by atoms with van der Waals surface area (Å²) in [6, 6.07) is 10.2. The second-order valence-electron chi connectivity index (χ2n) is 5.70. The van der Waals surface area contributed by atoms with Crippen molar-refractivity contribution in [3.8, 4) is 0 Å². The lowest BCUT2D eigenvalue weighted by Crippen LogP contribution is -2.54. The fourth-order valence-corrected chi connectivity index (χ4v) is 2.85. The molecule has 1 heterocycles. The lowest BCUT2D eigenvalue weighted by atomic mass is 10.1. The van der Waals surface area contributed by atoms with E-state index in [0.717, 1.165) is 26.2 Å². The van der Waals surface area contributed by atoms with Gasteiger partial charge in [-0.15, -0.1) is 0 Å². The van der Waals surface area contributed by atoms with Crippen LogP contribution in [0.15, 0.2) is 30.3 Å². The van der Waals surface area contributed by atoms with E-state index in [1.54, 1.807) is 0 Å². The van der Waals surface area contributed by atoms with Gasteiger partial charge in [0.25, 0.3) is 0 Å². The molecule has 23 heavy (non-hydrogen) atoms. The molecule has 2 rings (SSSR count). The van der Waals surface area contributed by atoms with Gasteiger partial charge in [-0.25, -0.2) is 0 Å². The molecule has 1 aliphatic rings. The number of carbonyl (C=O) groups is 2. The van der Waals surface area contributed by atoms with Crippen LogP contribution in [0.3, 0.4) is 0 Å². The molecule has 1 aromatic carbocycles. The molecule has 0 saturated carbocycles. The van der Waals surface area contributed by atoms with Crippen molar-refractivity contribution in [2.75, 3.05) is 40.4 Å². The van der Waals surface area contributed by atoms with E-state index in [9.17, 15) is 9.59 Å². The minimum absolute atomic E-state index is 0.0426. The number of hydrogen-bond acceptors (Lipinski definition) is 6. The highest BCUT2D eigenvalue weighted by Gasteiger charge is 2.30. The normalized spacial score (nSPS) is 19.3. The Balaban J connectivity index is 1.99. The third kappa shape index (κ3) is 5.33. The van der Waals surface area contributed by atoms with Gasteiger partial charge in [0, 0.05) is 32.2 Å². The van der Waals surface area contributed by atoms with Crippen molar-refractivity contribution in [2.24, 2.45) is 0 Å². The molecular formula is C17H24N2O4. The van der Waals surface area contributed by atoms with Crippen LogP contribution < -0.4 is 0 Å². The smallest absolute Gasteiger partial charge is 0.319 e. The number of benzene rings is 1. The number of carbonyl (C=O) groups excluding carboxylic acids is 2. The molecule has 1 atom stereocenters. The Morgan fingerprint density at radius 2 is 1.78 bits per heavy atom. The first-order chi connectivity index (χ1) is 11.1. The molecule has 0 aromatic heterocycles. The summed E-state index contributed by atoms with van der Waals surface area (Å²) in [5.41, 5.74) is 1.24. The first kappa shape index (κ1) is 17.4. The molecule has 0 bridgehead atoms. The first-order valence-electron chi connectivity index (χ1n) is 7.76. The van der Waals surface area contributed by atoms with Crippen molar-refractivity contribution in [1.82, 2.24) is 9.80 Å². The summed E-state index contributed by atoms with van der Waals surface area (Å²) in [4.78, 5) is 27.5.